The lowest BCUT2D eigenvalue weighted by molar-refractivity contribution is 0.0949. The van der Waals surface area contributed by atoms with E-state index in [1.54, 1.807) is 18.2 Å². The third kappa shape index (κ3) is 3.55. The van der Waals surface area contributed by atoms with E-state index < -0.39 is 15.9 Å². The molecule has 0 saturated carbocycles. The highest BCUT2D eigenvalue weighted by Gasteiger charge is 2.17. The van der Waals surface area contributed by atoms with Crippen LogP contribution in [0.1, 0.15) is 15.2 Å². The Morgan fingerprint density at radius 3 is 2.52 bits per heavy atom. The molecule has 0 bridgehead atoms. The van der Waals surface area contributed by atoms with Gasteiger partial charge in [-0.25, -0.2) is 13.4 Å². The lowest BCUT2D eigenvalue weighted by Crippen LogP contribution is -2.41. The van der Waals surface area contributed by atoms with Crippen molar-refractivity contribution in [1.29, 1.82) is 0 Å². The summed E-state index contributed by atoms with van der Waals surface area (Å²) in [6.07, 6.45) is 0. The van der Waals surface area contributed by atoms with Crippen LogP contribution in [-0.2, 0) is 10.0 Å². The van der Waals surface area contributed by atoms with Gasteiger partial charge >= 0.3 is 0 Å². The molecule has 2 aromatic heterocycles. The number of amides is 1. The first-order valence-electron chi connectivity index (χ1n) is 8.10. The Morgan fingerprint density at radius 2 is 1.74 bits per heavy atom. The smallest absolute Gasteiger partial charge is 0.273 e. The molecule has 1 amide bonds. The van der Waals surface area contributed by atoms with Crippen molar-refractivity contribution in [3.8, 4) is 0 Å². The molecule has 0 unspecified atom stereocenters. The molecule has 0 saturated heterocycles. The topological polar surface area (TPSA) is 88.2 Å². The Balaban J connectivity index is 1.55. The van der Waals surface area contributed by atoms with E-state index in [2.05, 4.69) is 15.2 Å². The number of sulfonamides is 1. The first-order chi connectivity index (χ1) is 12.9. The Hall–Kier alpha value is -2.81. The molecule has 2 N–H and O–H groups in total. The molecule has 6 nitrogen and oxygen atoms in total. The average molecular weight is 397 g/mol. The Morgan fingerprint density at radius 1 is 1.00 bits per heavy atom. The minimum atomic E-state index is -3.83. The second-order valence-corrected chi connectivity index (χ2v) is 8.77. The van der Waals surface area contributed by atoms with Gasteiger partial charge in [0.2, 0.25) is 0 Å². The molecule has 2 aromatic carbocycles. The third-order valence-corrected chi connectivity index (χ3v) is 6.37. The largest absolute Gasteiger partial charge is 0.276 e. The highest BCUT2D eigenvalue weighted by molar-refractivity contribution is 7.89. The molecule has 4 aromatic rings. The van der Waals surface area contributed by atoms with Crippen molar-refractivity contribution < 1.29 is 13.2 Å². The minimum absolute atomic E-state index is 0.0812. The summed E-state index contributed by atoms with van der Waals surface area (Å²) < 4.78 is 24.6. The standard InChI is InChI=1S/C19H15N3O3S2/c1-12-6-8-15(9-7-12)27(24,25)22-21-18(23)17-11-14-10-13-4-2-3-5-16(13)20-19(14)26-17/h2-11,22H,1H3,(H,21,23). The van der Waals surface area contributed by atoms with Crippen molar-refractivity contribution in [1.82, 2.24) is 15.2 Å². The fourth-order valence-corrected chi connectivity index (χ4v) is 4.39. The number of aryl methyl sites for hydroxylation is 1. The monoisotopic (exact) mass is 397 g/mol. The number of hydrazine groups is 1. The SMILES string of the molecule is Cc1ccc(S(=O)(=O)NNC(=O)c2cc3cc4ccccc4nc3s2)cc1. The van der Waals surface area contributed by atoms with Gasteiger partial charge in [0.15, 0.2) is 0 Å². The number of pyridine rings is 1. The number of hydrogen-bond donors (Lipinski definition) is 2. The van der Waals surface area contributed by atoms with Gasteiger partial charge in [-0.05, 0) is 37.3 Å². The summed E-state index contributed by atoms with van der Waals surface area (Å²) in [5.41, 5.74) is 4.05. The first-order valence-corrected chi connectivity index (χ1v) is 10.4. The number of nitrogens with one attached hydrogen (secondary N) is 2. The van der Waals surface area contributed by atoms with Crippen molar-refractivity contribution in [3.05, 3.63) is 71.1 Å². The molecule has 2 heterocycles. The van der Waals surface area contributed by atoms with Crippen molar-refractivity contribution in [2.75, 3.05) is 0 Å². The van der Waals surface area contributed by atoms with Crippen LogP contribution in [-0.4, -0.2) is 19.3 Å². The van der Waals surface area contributed by atoms with E-state index in [1.807, 2.05) is 37.3 Å². The van der Waals surface area contributed by atoms with E-state index in [4.69, 9.17) is 0 Å². The van der Waals surface area contributed by atoms with Gasteiger partial charge in [-0.3, -0.25) is 10.2 Å². The maximum Gasteiger partial charge on any atom is 0.276 e. The van der Waals surface area contributed by atoms with Gasteiger partial charge in [-0.15, -0.1) is 16.2 Å². The number of thiophene rings is 1. The number of carbonyl (C=O) groups is 1. The number of para-hydroxylation sites is 1. The number of nitrogens with zero attached hydrogens (tertiary/aromatic N) is 1. The molecule has 0 aliphatic heterocycles. The molecule has 0 atom stereocenters. The van der Waals surface area contributed by atoms with E-state index in [-0.39, 0.29) is 4.90 Å². The van der Waals surface area contributed by atoms with Crippen LogP contribution >= 0.6 is 11.3 Å². The van der Waals surface area contributed by atoms with Crippen LogP contribution in [0, 0.1) is 6.92 Å². The molecule has 4 rings (SSSR count). The van der Waals surface area contributed by atoms with Gasteiger partial charge < -0.3 is 0 Å². The predicted octanol–water partition coefficient (Wildman–Crippen LogP) is 3.38. The summed E-state index contributed by atoms with van der Waals surface area (Å²) in [5, 5.41) is 1.82. The summed E-state index contributed by atoms with van der Waals surface area (Å²) >= 11 is 1.21. The Kier molecular flexibility index (Phi) is 4.39. The van der Waals surface area contributed by atoms with Gasteiger partial charge in [0.05, 0.1) is 15.3 Å². The summed E-state index contributed by atoms with van der Waals surface area (Å²) in [4.78, 5) is 20.2. The Bertz CT molecular complexity index is 1210. The molecule has 0 aliphatic carbocycles. The van der Waals surface area contributed by atoms with E-state index in [9.17, 15) is 13.2 Å². The molecule has 27 heavy (non-hydrogen) atoms. The number of carbonyl (C=O) groups excluding carboxylic acids is 1. The normalized spacial score (nSPS) is 11.7. The van der Waals surface area contributed by atoms with Gasteiger partial charge in [0.1, 0.15) is 4.83 Å². The summed E-state index contributed by atoms with van der Waals surface area (Å²) in [7, 11) is -3.83. The van der Waals surface area contributed by atoms with Gasteiger partial charge in [0, 0.05) is 10.8 Å². The highest BCUT2D eigenvalue weighted by Crippen LogP contribution is 2.27. The number of benzene rings is 2. The number of fused-ring (bicyclic) bond motifs is 2. The predicted molar refractivity (Wildman–Crippen MR) is 106 cm³/mol. The zero-order valence-electron chi connectivity index (χ0n) is 14.3. The Labute approximate surface area is 159 Å². The fraction of sp³-hybridized carbons (Fsp3) is 0.0526. The van der Waals surface area contributed by atoms with Gasteiger partial charge in [0.25, 0.3) is 15.9 Å². The molecule has 0 aliphatic rings. The molecule has 0 fully saturated rings. The third-order valence-electron chi connectivity index (χ3n) is 4.06. The van der Waals surface area contributed by atoms with E-state index in [1.165, 1.54) is 23.5 Å². The van der Waals surface area contributed by atoms with Crippen LogP contribution in [0.15, 0.2) is 65.6 Å². The maximum atomic E-state index is 12.4. The van der Waals surface area contributed by atoms with E-state index >= 15 is 0 Å². The van der Waals surface area contributed by atoms with E-state index in [0.717, 1.165) is 26.7 Å². The lowest BCUT2D eigenvalue weighted by atomic mass is 10.2. The van der Waals surface area contributed by atoms with Crippen LogP contribution in [0.2, 0.25) is 0 Å². The van der Waals surface area contributed by atoms with Crippen LogP contribution in [0.5, 0.6) is 0 Å². The van der Waals surface area contributed by atoms with Crippen LogP contribution < -0.4 is 10.3 Å². The molecule has 8 heteroatoms. The highest BCUT2D eigenvalue weighted by atomic mass is 32.2. The maximum absolute atomic E-state index is 12.4. The fourth-order valence-electron chi connectivity index (χ4n) is 2.64. The number of aromatic nitrogens is 1. The van der Waals surface area contributed by atoms with Crippen LogP contribution in [0.3, 0.4) is 0 Å². The molecular formula is C19H15N3O3S2. The summed E-state index contributed by atoms with van der Waals surface area (Å²) in [5.74, 6) is -0.530. The summed E-state index contributed by atoms with van der Waals surface area (Å²) in [6, 6.07) is 17.7. The van der Waals surface area contributed by atoms with Crippen molar-refractivity contribution >= 4 is 48.4 Å². The van der Waals surface area contributed by atoms with Crippen molar-refractivity contribution in [2.24, 2.45) is 0 Å². The number of hydrogen-bond acceptors (Lipinski definition) is 5. The second kappa shape index (κ2) is 6.73. The zero-order chi connectivity index (χ0) is 19.0. The second-order valence-electron chi connectivity index (χ2n) is 6.06. The van der Waals surface area contributed by atoms with Gasteiger partial charge in [-0.1, -0.05) is 35.9 Å². The minimum Gasteiger partial charge on any atom is -0.273 e. The quantitative estimate of drug-likeness (QED) is 0.517. The lowest BCUT2D eigenvalue weighted by Gasteiger charge is -2.07. The molecule has 136 valence electrons. The first kappa shape index (κ1) is 17.6. The van der Waals surface area contributed by atoms with Gasteiger partial charge in [-0.2, -0.15) is 0 Å². The van der Waals surface area contributed by atoms with Crippen molar-refractivity contribution in [3.63, 3.8) is 0 Å². The van der Waals surface area contributed by atoms with Crippen LogP contribution in [0.4, 0.5) is 0 Å². The van der Waals surface area contributed by atoms with Crippen molar-refractivity contribution in [2.45, 2.75) is 11.8 Å². The van der Waals surface area contributed by atoms with E-state index in [0.29, 0.717) is 4.88 Å². The molecule has 0 spiro atoms. The average Bonchev–Trinajstić information content (AvgIpc) is 3.07. The zero-order valence-corrected chi connectivity index (χ0v) is 15.9. The summed E-state index contributed by atoms with van der Waals surface area (Å²) in [6.45, 7) is 1.87. The molecular weight excluding hydrogens is 382 g/mol. The number of rotatable bonds is 4. The molecule has 0 radical (unpaired) electrons. The van der Waals surface area contributed by atoms with Crippen LogP contribution in [0.25, 0.3) is 21.1 Å².